The molecule has 1 saturated heterocycles. The van der Waals surface area contributed by atoms with Crippen molar-refractivity contribution in [3.05, 3.63) is 72.3 Å². The average molecular weight is 753 g/mol. The second kappa shape index (κ2) is 16.9. The van der Waals surface area contributed by atoms with Crippen LogP contribution in [0.5, 0.6) is 0 Å². The van der Waals surface area contributed by atoms with Crippen molar-refractivity contribution >= 4 is 39.8 Å². The Kier molecular flexibility index (Phi) is 12.6. The molecule has 4 amide bonds. The number of allylic oxidation sites excluding steroid dienone is 1. The molecular weight excluding hydrogens is 705 g/mol. The summed E-state index contributed by atoms with van der Waals surface area (Å²) in [6.07, 6.45) is 4.17. The van der Waals surface area contributed by atoms with Gasteiger partial charge in [-0.2, -0.15) is 0 Å². The summed E-state index contributed by atoms with van der Waals surface area (Å²) in [5.74, 6) is -2.87. The van der Waals surface area contributed by atoms with Crippen molar-refractivity contribution in [2.45, 2.75) is 88.3 Å². The van der Waals surface area contributed by atoms with Crippen molar-refractivity contribution in [1.82, 2.24) is 14.9 Å². The summed E-state index contributed by atoms with van der Waals surface area (Å²) in [7, 11) is -3.57. The number of alkyl carbamates (subject to hydrolysis) is 1. The zero-order chi connectivity index (χ0) is 38.3. The Bertz CT molecular complexity index is 1790. The van der Waals surface area contributed by atoms with E-state index in [1.54, 1.807) is 39.0 Å². The first-order valence-corrected chi connectivity index (χ1v) is 19.4. The number of carbonyl (C=O) groups excluding carboxylic acids is 5. The summed E-state index contributed by atoms with van der Waals surface area (Å²) in [5.41, 5.74) is 7.09. The molecule has 2 aromatic carbocycles. The predicted molar refractivity (Wildman–Crippen MR) is 194 cm³/mol. The molecule has 286 valence electrons. The molecule has 2 aliphatic carbocycles. The van der Waals surface area contributed by atoms with Crippen LogP contribution in [0.3, 0.4) is 0 Å². The molecule has 1 aliphatic heterocycles. The molecular formula is C38H48N4O10S. The van der Waals surface area contributed by atoms with E-state index < -0.39 is 68.8 Å². The summed E-state index contributed by atoms with van der Waals surface area (Å²) < 4.78 is 43.0. The largest absolute Gasteiger partial charge is 0.457 e. The van der Waals surface area contributed by atoms with E-state index in [1.807, 2.05) is 48.5 Å². The van der Waals surface area contributed by atoms with Gasteiger partial charge in [-0.25, -0.2) is 18.0 Å². The van der Waals surface area contributed by atoms with Crippen LogP contribution in [0.1, 0.15) is 69.7 Å². The highest BCUT2D eigenvalue weighted by molar-refractivity contribution is 7.90. The number of hydrogen-bond acceptors (Lipinski definition) is 10. The Labute approximate surface area is 309 Å². The minimum atomic E-state index is -3.57. The molecule has 0 bridgehead atoms. The maximum atomic E-state index is 13.9. The Morgan fingerprint density at radius 3 is 2.30 bits per heavy atom. The quantitative estimate of drug-likeness (QED) is 0.130. The number of rotatable bonds is 16. The summed E-state index contributed by atoms with van der Waals surface area (Å²) >= 11 is 0. The lowest BCUT2D eigenvalue weighted by Crippen LogP contribution is -2.53. The van der Waals surface area contributed by atoms with Crippen LogP contribution in [-0.2, 0) is 38.6 Å². The SMILES string of the molecule is CC(C)(C)OC(=O)N[C@@H](CCCOC/C=C\[C@@H]1C[C@@H]1C(=O)NS(=O)(=O)C1CC1)C(=O)N1C[C@H](OC(=O)c2ccc(-c3ccccc3)cc2)C[C@H]1C(N)=O. The molecule has 53 heavy (non-hydrogen) atoms. The van der Waals surface area contributed by atoms with Crippen LogP contribution >= 0.6 is 0 Å². The summed E-state index contributed by atoms with van der Waals surface area (Å²) in [6.45, 7) is 5.42. The molecule has 2 saturated carbocycles. The lowest BCUT2D eigenvalue weighted by Gasteiger charge is -2.28. The number of likely N-dealkylation sites (tertiary alicyclic amines) is 1. The van der Waals surface area contributed by atoms with Crippen LogP contribution in [0.4, 0.5) is 4.79 Å². The number of amides is 4. The van der Waals surface area contributed by atoms with E-state index >= 15 is 0 Å². The van der Waals surface area contributed by atoms with Crippen LogP contribution in [-0.4, -0.2) is 91.9 Å². The van der Waals surface area contributed by atoms with Gasteiger partial charge in [0.05, 0.1) is 24.0 Å². The lowest BCUT2D eigenvalue weighted by atomic mass is 10.0. The third-order valence-electron chi connectivity index (χ3n) is 9.13. The molecule has 4 N–H and O–H groups in total. The van der Waals surface area contributed by atoms with Crippen LogP contribution in [0.15, 0.2) is 66.7 Å². The molecule has 15 heteroatoms. The number of primary amides is 1. The molecule has 3 fully saturated rings. The van der Waals surface area contributed by atoms with Gasteiger partial charge in [0.15, 0.2) is 0 Å². The normalized spacial score (nSPS) is 21.8. The standard InChI is InChI=1S/C38H48N4O10S/c1-38(2,3)52-37(47)40-31(12-8-20-50-19-7-11-27-21-30(27)34(44)41-53(48,49)29-17-18-29)35(45)42-23-28(22-32(42)33(39)43)51-36(46)26-15-13-25(14-16-26)24-9-5-4-6-10-24/h4-7,9-11,13-16,27-32H,8,12,17-23H2,1-3H3,(H2,39,43)(H,40,47)(H,41,44)/b11-7-/t27-,28-,30+,31+,32+/m1/s1. The molecule has 5 atom stereocenters. The van der Waals surface area contributed by atoms with Gasteiger partial charge in [-0.05, 0) is 82.1 Å². The van der Waals surface area contributed by atoms with Gasteiger partial charge < -0.3 is 30.2 Å². The van der Waals surface area contributed by atoms with Crippen molar-refractivity contribution in [2.24, 2.45) is 17.6 Å². The number of nitrogens with one attached hydrogen (secondary N) is 2. The molecule has 2 aromatic rings. The zero-order valence-corrected chi connectivity index (χ0v) is 31.0. The molecule has 0 unspecified atom stereocenters. The van der Waals surface area contributed by atoms with E-state index in [0.29, 0.717) is 31.2 Å². The number of ether oxygens (including phenoxy) is 3. The van der Waals surface area contributed by atoms with E-state index in [0.717, 1.165) is 11.1 Å². The average Bonchev–Trinajstić information content (AvgIpc) is 4.04. The highest BCUT2D eigenvalue weighted by Gasteiger charge is 2.45. The topological polar surface area (TPSA) is 200 Å². The molecule has 14 nitrogen and oxygen atoms in total. The minimum absolute atomic E-state index is 0.00333. The van der Waals surface area contributed by atoms with Gasteiger partial charge in [0.2, 0.25) is 27.7 Å². The minimum Gasteiger partial charge on any atom is -0.457 e. The van der Waals surface area contributed by atoms with Crippen molar-refractivity contribution in [3.8, 4) is 11.1 Å². The number of nitrogens with zero attached hydrogens (tertiary/aromatic N) is 1. The van der Waals surface area contributed by atoms with Crippen molar-refractivity contribution in [2.75, 3.05) is 19.8 Å². The van der Waals surface area contributed by atoms with Crippen LogP contribution in [0, 0.1) is 11.8 Å². The molecule has 0 spiro atoms. The molecule has 1 heterocycles. The highest BCUT2D eigenvalue weighted by atomic mass is 32.2. The first-order chi connectivity index (χ1) is 25.1. The number of benzene rings is 2. The van der Waals surface area contributed by atoms with Crippen LogP contribution in [0.2, 0.25) is 0 Å². The van der Waals surface area contributed by atoms with Gasteiger partial charge in [-0.3, -0.25) is 19.1 Å². The fourth-order valence-corrected chi connectivity index (χ4v) is 7.49. The number of nitrogens with two attached hydrogens (primary N) is 1. The van der Waals surface area contributed by atoms with Gasteiger partial charge in [-0.15, -0.1) is 0 Å². The Morgan fingerprint density at radius 2 is 1.66 bits per heavy atom. The van der Waals surface area contributed by atoms with E-state index in [-0.39, 0.29) is 44.4 Å². The number of hydrogen-bond donors (Lipinski definition) is 3. The third-order valence-corrected chi connectivity index (χ3v) is 11.0. The molecule has 5 rings (SSSR count). The fourth-order valence-electron chi connectivity index (χ4n) is 6.13. The molecule has 0 aromatic heterocycles. The van der Waals surface area contributed by atoms with E-state index in [2.05, 4.69) is 10.0 Å². The molecule has 0 radical (unpaired) electrons. The first kappa shape index (κ1) is 39.4. The Hall–Kier alpha value is -4.76. The Balaban J connectivity index is 1.12. The molecule has 3 aliphatic rings. The smallest absolute Gasteiger partial charge is 0.408 e. The predicted octanol–water partition coefficient (Wildman–Crippen LogP) is 3.46. The van der Waals surface area contributed by atoms with Crippen molar-refractivity contribution in [3.63, 3.8) is 0 Å². The summed E-state index contributed by atoms with van der Waals surface area (Å²) in [4.78, 5) is 65.7. The third kappa shape index (κ3) is 11.4. The Morgan fingerprint density at radius 1 is 0.981 bits per heavy atom. The van der Waals surface area contributed by atoms with Gasteiger partial charge in [0, 0.05) is 18.9 Å². The van der Waals surface area contributed by atoms with Crippen LogP contribution in [0.25, 0.3) is 11.1 Å². The monoisotopic (exact) mass is 752 g/mol. The fraction of sp³-hybridized carbons (Fsp3) is 0.500. The van der Waals surface area contributed by atoms with Gasteiger partial charge in [0.25, 0.3) is 0 Å². The van der Waals surface area contributed by atoms with Gasteiger partial charge in [0.1, 0.15) is 23.8 Å². The van der Waals surface area contributed by atoms with Gasteiger partial charge in [-0.1, -0.05) is 54.6 Å². The van der Waals surface area contributed by atoms with E-state index in [4.69, 9.17) is 19.9 Å². The lowest BCUT2D eigenvalue weighted by molar-refractivity contribution is -0.139. The maximum absolute atomic E-state index is 13.9. The highest BCUT2D eigenvalue weighted by Crippen LogP contribution is 2.40. The van der Waals surface area contributed by atoms with Crippen LogP contribution < -0.4 is 15.8 Å². The number of carbonyl (C=O) groups is 5. The second-order valence-electron chi connectivity index (χ2n) is 14.7. The summed E-state index contributed by atoms with van der Waals surface area (Å²) in [6, 6.07) is 14.5. The maximum Gasteiger partial charge on any atom is 0.408 e. The first-order valence-electron chi connectivity index (χ1n) is 17.9. The van der Waals surface area contributed by atoms with Crippen molar-refractivity contribution < 1.29 is 46.6 Å². The number of esters is 1. The van der Waals surface area contributed by atoms with Crippen molar-refractivity contribution in [1.29, 1.82) is 0 Å². The van der Waals surface area contributed by atoms with E-state index in [9.17, 15) is 32.4 Å². The zero-order valence-electron chi connectivity index (χ0n) is 30.2. The van der Waals surface area contributed by atoms with E-state index in [1.165, 1.54) is 4.90 Å². The second-order valence-corrected chi connectivity index (χ2v) is 16.6. The summed E-state index contributed by atoms with van der Waals surface area (Å²) in [5, 5.41) is 2.16. The number of sulfonamides is 1. The van der Waals surface area contributed by atoms with Gasteiger partial charge >= 0.3 is 12.1 Å².